The van der Waals surface area contributed by atoms with Crippen molar-refractivity contribution in [3.63, 3.8) is 0 Å². The Morgan fingerprint density at radius 2 is 1.02 bits per heavy atom. The molecule has 2 fully saturated rings. The molecule has 14 nitrogen and oxygen atoms in total. The number of amides is 1. The van der Waals surface area contributed by atoms with Crippen molar-refractivity contribution in [2.24, 2.45) is 0 Å². The van der Waals surface area contributed by atoms with Crippen molar-refractivity contribution in [1.29, 1.82) is 0 Å². The molecule has 1 amide bonds. The Kier molecular flexibility index (Phi) is 28.3. The summed E-state index contributed by atoms with van der Waals surface area (Å²) in [5.41, 5.74) is 0. The maximum atomic E-state index is 12.9. The zero-order chi connectivity index (χ0) is 41.1. The highest BCUT2D eigenvalue weighted by Gasteiger charge is 2.51. The molecule has 12 unspecified atom stereocenters. The minimum absolute atomic E-state index is 0.220. The van der Waals surface area contributed by atoms with Crippen molar-refractivity contribution in [1.82, 2.24) is 5.32 Å². The Hall–Kier alpha value is -1.01. The molecule has 2 aliphatic heterocycles. The lowest BCUT2D eigenvalue weighted by molar-refractivity contribution is -0.359. The van der Waals surface area contributed by atoms with Gasteiger partial charge in [0, 0.05) is 6.42 Å². The van der Waals surface area contributed by atoms with Gasteiger partial charge in [-0.05, 0) is 12.8 Å². The second kappa shape index (κ2) is 30.9. The molecule has 0 radical (unpaired) electrons. The lowest BCUT2D eigenvalue weighted by Crippen LogP contribution is -2.65. The van der Waals surface area contributed by atoms with Crippen molar-refractivity contribution in [3.8, 4) is 0 Å². The van der Waals surface area contributed by atoms with Gasteiger partial charge in [-0.15, -0.1) is 0 Å². The van der Waals surface area contributed by atoms with Gasteiger partial charge in [-0.25, -0.2) is 0 Å². The Bertz CT molecular complexity index is 962. The molecular formula is C42H81NO13. The van der Waals surface area contributed by atoms with Gasteiger partial charge < -0.3 is 65.1 Å². The number of carbonyl (C=O) groups is 1. The van der Waals surface area contributed by atoms with Crippen molar-refractivity contribution >= 4 is 5.91 Å². The number of carbonyl (C=O) groups excluding carboxylic acids is 1. The largest absolute Gasteiger partial charge is 0.394 e. The minimum atomic E-state index is -1.78. The van der Waals surface area contributed by atoms with Crippen LogP contribution in [0.1, 0.15) is 168 Å². The van der Waals surface area contributed by atoms with Crippen molar-refractivity contribution in [2.45, 2.75) is 242 Å². The molecule has 0 spiro atoms. The maximum absolute atomic E-state index is 12.9. The molecule has 0 aromatic rings. The predicted octanol–water partition coefficient (Wildman–Crippen LogP) is 3.88. The number of hydrogen-bond donors (Lipinski definition) is 9. The summed E-state index contributed by atoms with van der Waals surface area (Å²) >= 11 is 0. The zero-order valence-electron chi connectivity index (χ0n) is 34.6. The summed E-state index contributed by atoms with van der Waals surface area (Å²) in [6.07, 6.45) is 10.3. The van der Waals surface area contributed by atoms with Crippen molar-refractivity contribution in [2.75, 3.05) is 19.8 Å². The number of nitrogens with one attached hydrogen (secondary N) is 1. The molecule has 332 valence electrons. The first-order chi connectivity index (χ1) is 27.1. The topological polar surface area (TPSA) is 228 Å². The monoisotopic (exact) mass is 808 g/mol. The highest BCUT2D eigenvalue weighted by Crippen LogP contribution is 2.30. The Labute approximate surface area is 336 Å². The molecule has 0 bridgehead atoms. The molecule has 14 heteroatoms. The molecule has 2 rings (SSSR count). The van der Waals surface area contributed by atoms with Crippen LogP contribution in [0.15, 0.2) is 0 Å². The van der Waals surface area contributed by atoms with Crippen LogP contribution >= 0.6 is 0 Å². The summed E-state index contributed by atoms with van der Waals surface area (Å²) in [4.78, 5) is 12.9. The van der Waals surface area contributed by atoms with E-state index < -0.39 is 86.8 Å². The quantitative estimate of drug-likeness (QED) is 0.0430. The van der Waals surface area contributed by atoms with Gasteiger partial charge in [-0.3, -0.25) is 4.79 Å². The van der Waals surface area contributed by atoms with Gasteiger partial charge in [0.15, 0.2) is 12.6 Å². The van der Waals surface area contributed by atoms with E-state index in [0.29, 0.717) is 12.8 Å². The smallest absolute Gasteiger partial charge is 0.220 e. The summed E-state index contributed by atoms with van der Waals surface area (Å²) in [5.74, 6) is -0.220. The van der Waals surface area contributed by atoms with Crippen molar-refractivity contribution in [3.05, 3.63) is 0 Å². The Morgan fingerprint density at radius 1 is 0.571 bits per heavy atom. The number of unbranched alkanes of at least 4 members (excludes halogenated alkanes) is 20. The minimum Gasteiger partial charge on any atom is -0.394 e. The van der Waals surface area contributed by atoms with E-state index in [0.717, 1.165) is 57.8 Å². The zero-order valence-corrected chi connectivity index (χ0v) is 34.6. The van der Waals surface area contributed by atoms with E-state index in [9.17, 15) is 45.6 Å². The number of aliphatic hydroxyl groups excluding tert-OH is 8. The molecule has 2 aliphatic rings. The molecule has 0 aromatic heterocycles. The number of ether oxygens (including phenoxy) is 4. The van der Waals surface area contributed by atoms with Gasteiger partial charge in [0.05, 0.1) is 32.0 Å². The molecule has 56 heavy (non-hydrogen) atoms. The second-order valence-corrected chi connectivity index (χ2v) is 16.2. The van der Waals surface area contributed by atoms with Gasteiger partial charge in [-0.1, -0.05) is 149 Å². The molecule has 2 heterocycles. The van der Waals surface area contributed by atoms with Crippen LogP contribution in [0.5, 0.6) is 0 Å². The van der Waals surface area contributed by atoms with E-state index in [1.54, 1.807) is 0 Å². The molecule has 2 saturated heterocycles. The van der Waals surface area contributed by atoms with Crippen LogP contribution in [0.2, 0.25) is 0 Å². The summed E-state index contributed by atoms with van der Waals surface area (Å²) in [7, 11) is 0. The summed E-state index contributed by atoms with van der Waals surface area (Å²) < 4.78 is 22.6. The first-order valence-corrected chi connectivity index (χ1v) is 22.3. The first-order valence-electron chi connectivity index (χ1n) is 22.3. The van der Waals surface area contributed by atoms with Crippen LogP contribution in [-0.4, -0.2) is 140 Å². The first kappa shape index (κ1) is 51.1. The van der Waals surface area contributed by atoms with E-state index in [2.05, 4.69) is 19.2 Å². The summed E-state index contributed by atoms with van der Waals surface area (Å²) in [6.45, 7) is 2.74. The maximum Gasteiger partial charge on any atom is 0.220 e. The average Bonchev–Trinajstić information content (AvgIpc) is 3.19. The average molecular weight is 808 g/mol. The fourth-order valence-electron chi connectivity index (χ4n) is 7.59. The number of rotatable bonds is 33. The standard InChI is InChI=1S/C42H81NO13/c1-3-5-7-9-10-11-12-13-14-15-16-17-18-19-20-22-23-25-31(46)30(43-34(47)26-24-21-8-6-4-2)29-53-41-39(52)37(50)40(33(28-45)55-41)56-42-38(51)36(49)35(48)32(27-44)54-42/h30-33,35-42,44-46,48-52H,3-29H2,1-2H3,(H,43,47). The SMILES string of the molecule is CCCCCCCCCCCCCCCCCCCC(O)C(COC1OC(CO)C(OC2OC(CO)C(O)C(O)C2O)C(O)C1O)NC(=O)CCCCCCC. The van der Waals surface area contributed by atoms with Crippen LogP contribution in [0.3, 0.4) is 0 Å². The van der Waals surface area contributed by atoms with Gasteiger partial charge in [0.2, 0.25) is 5.91 Å². The fraction of sp³-hybridized carbons (Fsp3) is 0.976. The highest BCUT2D eigenvalue weighted by molar-refractivity contribution is 5.76. The van der Waals surface area contributed by atoms with E-state index in [1.807, 2.05) is 0 Å². The molecular weight excluding hydrogens is 726 g/mol. The van der Waals surface area contributed by atoms with Crippen LogP contribution < -0.4 is 5.32 Å². The molecule has 9 N–H and O–H groups in total. The molecule has 0 aliphatic carbocycles. The highest BCUT2D eigenvalue weighted by atomic mass is 16.7. The number of aliphatic hydroxyl groups is 8. The Balaban J connectivity index is 1.81. The van der Waals surface area contributed by atoms with Gasteiger partial charge in [0.25, 0.3) is 0 Å². The third-order valence-electron chi connectivity index (χ3n) is 11.3. The van der Waals surface area contributed by atoms with E-state index in [4.69, 9.17) is 18.9 Å². The van der Waals surface area contributed by atoms with E-state index >= 15 is 0 Å². The second-order valence-electron chi connectivity index (χ2n) is 16.2. The lowest BCUT2D eigenvalue weighted by atomic mass is 9.97. The molecule has 12 atom stereocenters. The number of hydrogen-bond acceptors (Lipinski definition) is 13. The van der Waals surface area contributed by atoms with Crippen LogP contribution in [-0.2, 0) is 23.7 Å². The van der Waals surface area contributed by atoms with Gasteiger partial charge >= 0.3 is 0 Å². The van der Waals surface area contributed by atoms with Gasteiger partial charge in [-0.2, -0.15) is 0 Å². The lowest BCUT2D eigenvalue weighted by Gasteiger charge is -2.46. The van der Waals surface area contributed by atoms with E-state index in [-0.39, 0.29) is 12.5 Å². The van der Waals surface area contributed by atoms with Crippen LogP contribution in [0.4, 0.5) is 0 Å². The summed E-state index contributed by atoms with van der Waals surface area (Å²) in [6, 6.07) is -0.817. The predicted molar refractivity (Wildman–Crippen MR) is 212 cm³/mol. The molecule has 0 aromatic carbocycles. The Morgan fingerprint density at radius 3 is 1.52 bits per heavy atom. The third-order valence-corrected chi connectivity index (χ3v) is 11.3. The fourth-order valence-corrected chi connectivity index (χ4v) is 7.59. The van der Waals surface area contributed by atoms with Crippen LogP contribution in [0.25, 0.3) is 0 Å². The third kappa shape index (κ3) is 19.4. The summed E-state index contributed by atoms with van der Waals surface area (Å²) in [5, 5.41) is 86.2. The van der Waals surface area contributed by atoms with Crippen LogP contribution in [0, 0.1) is 0 Å². The van der Waals surface area contributed by atoms with Gasteiger partial charge in [0.1, 0.15) is 48.8 Å². The normalized spacial score (nSPS) is 29.3. The molecule has 0 saturated carbocycles. The van der Waals surface area contributed by atoms with Crippen molar-refractivity contribution < 1.29 is 64.6 Å². The van der Waals surface area contributed by atoms with E-state index in [1.165, 1.54) is 83.5 Å².